The van der Waals surface area contributed by atoms with Crippen molar-refractivity contribution in [2.45, 2.75) is 64.5 Å². The fourth-order valence-corrected chi connectivity index (χ4v) is 3.44. The van der Waals surface area contributed by atoms with Gasteiger partial charge in [-0.15, -0.1) is 0 Å². The molecule has 2 aliphatic rings. The summed E-state index contributed by atoms with van der Waals surface area (Å²) in [7, 11) is 1.80. The minimum Gasteiger partial charge on any atom is -0.450 e. The summed E-state index contributed by atoms with van der Waals surface area (Å²) >= 11 is 0. The lowest BCUT2D eigenvalue weighted by molar-refractivity contribution is 0.146. The van der Waals surface area contributed by atoms with E-state index in [1.54, 1.807) is 7.05 Å². The molecule has 1 saturated heterocycles. The molecule has 7 nitrogen and oxygen atoms in total. The maximum Gasteiger partial charge on any atom is 0.407 e. The van der Waals surface area contributed by atoms with Crippen molar-refractivity contribution in [2.24, 2.45) is 10.9 Å². The van der Waals surface area contributed by atoms with E-state index in [4.69, 9.17) is 4.74 Å². The second-order valence-corrected chi connectivity index (χ2v) is 7.38. The fraction of sp³-hybridized carbons (Fsp3) is 0.895. The highest BCUT2D eigenvalue weighted by atomic mass is 16.5. The van der Waals surface area contributed by atoms with Crippen LogP contribution in [0.4, 0.5) is 4.79 Å². The number of alkyl carbamates (subject to hydrolysis) is 1. The van der Waals surface area contributed by atoms with E-state index in [1.165, 1.54) is 32.2 Å². The van der Waals surface area contributed by atoms with Crippen molar-refractivity contribution in [1.82, 2.24) is 20.9 Å². The highest BCUT2D eigenvalue weighted by Gasteiger charge is 2.32. The number of hydrogen-bond donors (Lipinski definition) is 3. The minimum absolute atomic E-state index is 0.100. The molecule has 3 N–H and O–H groups in total. The first-order chi connectivity index (χ1) is 12.7. The zero-order chi connectivity index (χ0) is 18.8. The van der Waals surface area contributed by atoms with Crippen LogP contribution in [0.3, 0.4) is 0 Å². The van der Waals surface area contributed by atoms with Gasteiger partial charge < -0.3 is 25.6 Å². The molecule has 1 unspecified atom stereocenters. The molecule has 1 atom stereocenters. The molecule has 0 spiro atoms. The molecule has 0 radical (unpaired) electrons. The number of nitrogens with one attached hydrogen (secondary N) is 3. The van der Waals surface area contributed by atoms with Crippen LogP contribution in [0.25, 0.3) is 0 Å². The van der Waals surface area contributed by atoms with Gasteiger partial charge in [-0.3, -0.25) is 4.99 Å². The average molecular weight is 368 g/mol. The van der Waals surface area contributed by atoms with Crippen molar-refractivity contribution in [3.63, 3.8) is 0 Å². The number of piperidine rings is 1. The number of unbranched alkanes of at least 4 members (excludes halogenated alkanes) is 1. The molecule has 0 aromatic rings. The van der Waals surface area contributed by atoms with Gasteiger partial charge in [0.25, 0.3) is 0 Å². The van der Waals surface area contributed by atoms with Crippen LogP contribution in [0.2, 0.25) is 0 Å². The van der Waals surface area contributed by atoms with Crippen molar-refractivity contribution in [1.29, 1.82) is 0 Å². The molecular formula is C19H37N5O2. The Kier molecular flexibility index (Phi) is 9.01. The van der Waals surface area contributed by atoms with Gasteiger partial charge in [0.2, 0.25) is 0 Å². The normalized spacial score (nSPS) is 20.5. The zero-order valence-electron chi connectivity index (χ0n) is 16.7. The lowest BCUT2D eigenvalue weighted by Gasteiger charge is -2.33. The first-order valence-corrected chi connectivity index (χ1v) is 10.3. The molecule has 0 bridgehead atoms. The van der Waals surface area contributed by atoms with Gasteiger partial charge in [-0.2, -0.15) is 0 Å². The number of guanidine groups is 1. The van der Waals surface area contributed by atoms with Crippen molar-refractivity contribution in [3.05, 3.63) is 0 Å². The summed E-state index contributed by atoms with van der Waals surface area (Å²) in [5, 5.41) is 9.91. The van der Waals surface area contributed by atoms with Gasteiger partial charge in [-0.25, -0.2) is 4.79 Å². The number of carbonyl (C=O) groups excluding carboxylic acids is 1. The van der Waals surface area contributed by atoms with Crippen LogP contribution in [-0.4, -0.2) is 68.9 Å². The second-order valence-electron chi connectivity index (χ2n) is 7.38. The zero-order valence-corrected chi connectivity index (χ0v) is 16.7. The molecule has 7 heteroatoms. The summed E-state index contributed by atoms with van der Waals surface area (Å²) in [6, 6.07) is 0.569. The molecule has 0 aromatic carbocycles. The van der Waals surface area contributed by atoms with Crippen molar-refractivity contribution >= 4 is 12.1 Å². The number of ether oxygens (including phenoxy) is 1. The SMILES string of the molecule is CCCCN1CCC(NC(=NC)NCC(NC(=O)OCC)C2CC2)CC1. The van der Waals surface area contributed by atoms with Crippen LogP contribution in [0, 0.1) is 5.92 Å². The Morgan fingerprint density at radius 1 is 1.23 bits per heavy atom. The van der Waals surface area contributed by atoms with E-state index in [0.717, 1.165) is 31.9 Å². The van der Waals surface area contributed by atoms with Crippen LogP contribution in [0.5, 0.6) is 0 Å². The van der Waals surface area contributed by atoms with Crippen LogP contribution in [0.1, 0.15) is 52.4 Å². The third kappa shape index (κ3) is 7.40. The highest BCUT2D eigenvalue weighted by molar-refractivity contribution is 5.80. The molecule has 1 aliphatic heterocycles. The van der Waals surface area contributed by atoms with Gasteiger partial charge in [0, 0.05) is 32.7 Å². The topological polar surface area (TPSA) is 78.0 Å². The average Bonchev–Trinajstić information content (AvgIpc) is 3.48. The number of carbonyl (C=O) groups is 1. The number of rotatable bonds is 9. The van der Waals surface area contributed by atoms with Crippen LogP contribution < -0.4 is 16.0 Å². The van der Waals surface area contributed by atoms with Gasteiger partial charge >= 0.3 is 6.09 Å². The van der Waals surface area contributed by atoms with E-state index < -0.39 is 0 Å². The molecule has 0 aromatic heterocycles. The van der Waals surface area contributed by atoms with Crippen LogP contribution in [-0.2, 0) is 4.74 Å². The van der Waals surface area contributed by atoms with E-state index in [1.807, 2.05) is 6.92 Å². The van der Waals surface area contributed by atoms with Gasteiger partial charge in [0.15, 0.2) is 5.96 Å². The van der Waals surface area contributed by atoms with E-state index >= 15 is 0 Å². The van der Waals surface area contributed by atoms with Gasteiger partial charge in [-0.1, -0.05) is 13.3 Å². The summed E-state index contributed by atoms with van der Waals surface area (Å²) in [4.78, 5) is 18.6. The van der Waals surface area contributed by atoms with Crippen molar-refractivity contribution in [3.8, 4) is 0 Å². The summed E-state index contributed by atoms with van der Waals surface area (Å²) in [6.07, 6.45) is 6.86. The first kappa shape index (κ1) is 20.8. The standard InChI is InChI=1S/C19H37N5O2/c1-4-6-11-24-12-9-16(10-13-24)22-18(20-3)21-14-17(15-7-8-15)23-19(25)26-5-2/h15-17H,4-14H2,1-3H3,(H,23,25)(H2,20,21,22). The summed E-state index contributed by atoms with van der Waals surface area (Å²) in [5.41, 5.74) is 0. The number of amides is 1. The number of likely N-dealkylation sites (tertiary alicyclic amines) is 1. The van der Waals surface area contributed by atoms with Gasteiger partial charge in [-0.05, 0) is 51.5 Å². The van der Waals surface area contributed by atoms with Crippen LogP contribution in [0.15, 0.2) is 4.99 Å². The van der Waals surface area contributed by atoms with Crippen molar-refractivity contribution < 1.29 is 9.53 Å². The first-order valence-electron chi connectivity index (χ1n) is 10.3. The lowest BCUT2D eigenvalue weighted by atomic mass is 10.0. The Balaban J connectivity index is 1.70. The quantitative estimate of drug-likeness (QED) is 0.429. The molecule has 1 saturated carbocycles. The highest BCUT2D eigenvalue weighted by Crippen LogP contribution is 2.32. The summed E-state index contributed by atoms with van der Waals surface area (Å²) in [6.45, 7) is 8.68. The lowest BCUT2D eigenvalue weighted by Crippen LogP contribution is -2.52. The molecular weight excluding hydrogens is 330 g/mol. The fourth-order valence-electron chi connectivity index (χ4n) is 3.44. The van der Waals surface area contributed by atoms with E-state index in [9.17, 15) is 4.79 Å². The molecule has 1 aliphatic carbocycles. The smallest absolute Gasteiger partial charge is 0.407 e. The number of hydrogen-bond acceptors (Lipinski definition) is 4. The Bertz CT molecular complexity index is 445. The van der Waals surface area contributed by atoms with Gasteiger partial charge in [0.1, 0.15) is 0 Å². The predicted molar refractivity (Wildman–Crippen MR) is 106 cm³/mol. The molecule has 2 fully saturated rings. The molecule has 150 valence electrons. The number of nitrogens with zero attached hydrogens (tertiary/aromatic N) is 2. The van der Waals surface area contributed by atoms with E-state index in [-0.39, 0.29) is 12.1 Å². The third-order valence-electron chi connectivity index (χ3n) is 5.24. The van der Waals surface area contributed by atoms with Crippen molar-refractivity contribution in [2.75, 3.05) is 39.8 Å². The Morgan fingerprint density at radius 3 is 2.54 bits per heavy atom. The van der Waals surface area contributed by atoms with Gasteiger partial charge in [0.05, 0.1) is 12.6 Å². The monoisotopic (exact) mass is 367 g/mol. The summed E-state index contributed by atoms with van der Waals surface area (Å²) in [5.74, 6) is 1.38. The van der Waals surface area contributed by atoms with Crippen LogP contribution >= 0.6 is 0 Å². The third-order valence-corrected chi connectivity index (χ3v) is 5.24. The molecule has 1 amide bonds. The Hall–Kier alpha value is -1.50. The maximum absolute atomic E-state index is 11.7. The van der Waals surface area contributed by atoms with E-state index in [2.05, 4.69) is 32.8 Å². The Morgan fingerprint density at radius 2 is 1.96 bits per heavy atom. The second kappa shape index (κ2) is 11.3. The molecule has 2 rings (SSSR count). The largest absolute Gasteiger partial charge is 0.450 e. The van der Waals surface area contributed by atoms with E-state index in [0.29, 0.717) is 25.1 Å². The minimum atomic E-state index is -0.325. The number of aliphatic imine (C=N–C) groups is 1. The maximum atomic E-state index is 11.7. The molecule has 1 heterocycles. The molecule has 26 heavy (non-hydrogen) atoms. The Labute approximate surface area is 158 Å². The predicted octanol–water partition coefficient (Wildman–Crippen LogP) is 1.94. The summed E-state index contributed by atoms with van der Waals surface area (Å²) < 4.78 is 5.01.